The van der Waals surface area contributed by atoms with Crippen molar-refractivity contribution in [2.45, 2.75) is 10.4 Å². The first-order chi connectivity index (χ1) is 13.7. The molecule has 0 spiro atoms. The molecule has 11 heteroatoms. The summed E-state index contributed by atoms with van der Waals surface area (Å²) < 4.78 is 37.9. The highest BCUT2D eigenvalue weighted by atomic mass is 35.5. The molecule has 150 valence electrons. The maximum absolute atomic E-state index is 12.6. The SMILES string of the molecule is O=c1[nH]ccc2nc(Nc3c(Cl)cc(SC(F)(F)F)cc3Cl)c3c(c12)=CNCC=3. The largest absolute Gasteiger partial charge is 0.446 e. The smallest absolute Gasteiger partial charge is 0.387 e. The highest BCUT2D eigenvalue weighted by molar-refractivity contribution is 8.00. The number of rotatable bonds is 3. The quantitative estimate of drug-likeness (QED) is 0.522. The van der Waals surface area contributed by atoms with Crippen molar-refractivity contribution in [1.29, 1.82) is 0 Å². The molecule has 3 heterocycles. The van der Waals surface area contributed by atoms with Crippen LogP contribution in [0.25, 0.3) is 23.2 Å². The second-order valence-electron chi connectivity index (χ2n) is 6.05. The fraction of sp³-hybridized carbons (Fsp3) is 0.111. The van der Waals surface area contributed by atoms with E-state index in [0.29, 0.717) is 33.7 Å². The van der Waals surface area contributed by atoms with Crippen LogP contribution in [0, 0.1) is 0 Å². The summed E-state index contributed by atoms with van der Waals surface area (Å²) in [5, 5.41) is 7.82. The van der Waals surface area contributed by atoms with E-state index in [2.05, 4.69) is 20.6 Å². The minimum atomic E-state index is -4.45. The van der Waals surface area contributed by atoms with Crippen molar-refractivity contribution in [3.8, 4) is 0 Å². The number of fused-ring (bicyclic) bond motifs is 3. The third kappa shape index (κ3) is 4.03. The molecule has 4 rings (SSSR count). The lowest BCUT2D eigenvalue weighted by Gasteiger charge is -2.15. The van der Waals surface area contributed by atoms with Crippen molar-refractivity contribution in [2.75, 3.05) is 11.9 Å². The van der Waals surface area contributed by atoms with Crippen molar-refractivity contribution in [3.05, 3.63) is 55.2 Å². The summed E-state index contributed by atoms with van der Waals surface area (Å²) in [6, 6.07) is 4.02. The summed E-state index contributed by atoms with van der Waals surface area (Å²) in [5.41, 5.74) is -4.06. The van der Waals surface area contributed by atoms with Crippen molar-refractivity contribution in [2.24, 2.45) is 0 Å². The molecule has 0 radical (unpaired) electrons. The molecular formula is C18H11Cl2F3N4OS. The number of alkyl halides is 3. The molecule has 0 atom stereocenters. The molecule has 3 N–H and O–H groups in total. The highest BCUT2D eigenvalue weighted by Crippen LogP contribution is 2.42. The number of H-pyrrole nitrogens is 1. The van der Waals surface area contributed by atoms with Gasteiger partial charge in [0.05, 0.1) is 26.6 Å². The van der Waals surface area contributed by atoms with Gasteiger partial charge in [-0.15, -0.1) is 0 Å². The van der Waals surface area contributed by atoms with Crippen LogP contribution in [-0.4, -0.2) is 22.0 Å². The maximum atomic E-state index is 12.6. The normalized spacial score (nSPS) is 13.3. The molecule has 0 fully saturated rings. The fourth-order valence-corrected chi connectivity index (χ4v) is 4.35. The molecule has 0 amide bonds. The van der Waals surface area contributed by atoms with Gasteiger partial charge < -0.3 is 15.6 Å². The minimum absolute atomic E-state index is 0.0173. The third-order valence-electron chi connectivity index (χ3n) is 4.15. The lowest BCUT2D eigenvalue weighted by Crippen LogP contribution is -2.38. The van der Waals surface area contributed by atoms with Crippen LogP contribution < -0.4 is 26.6 Å². The number of hydrogen-bond acceptors (Lipinski definition) is 5. The zero-order chi connectivity index (χ0) is 20.8. The number of halogens is 5. The van der Waals surface area contributed by atoms with E-state index in [4.69, 9.17) is 23.2 Å². The Bertz CT molecular complexity index is 1280. The number of anilines is 2. The lowest BCUT2D eigenvalue weighted by molar-refractivity contribution is -0.0328. The van der Waals surface area contributed by atoms with Crippen LogP contribution in [-0.2, 0) is 0 Å². The van der Waals surface area contributed by atoms with Crippen molar-refractivity contribution >= 4 is 69.6 Å². The second kappa shape index (κ2) is 7.47. The van der Waals surface area contributed by atoms with E-state index in [0.717, 1.165) is 0 Å². The fourth-order valence-electron chi connectivity index (χ4n) is 3.02. The van der Waals surface area contributed by atoms with Gasteiger partial charge in [-0.25, -0.2) is 4.98 Å². The molecule has 1 aliphatic rings. The first-order valence-corrected chi connectivity index (χ1v) is 9.77. The van der Waals surface area contributed by atoms with Crippen LogP contribution in [0.4, 0.5) is 24.7 Å². The molecule has 0 unspecified atom stereocenters. The van der Waals surface area contributed by atoms with Crippen LogP contribution in [0.1, 0.15) is 0 Å². The Morgan fingerprint density at radius 1 is 1.17 bits per heavy atom. The number of aromatic nitrogens is 2. The van der Waals surface area contributed by atoms with Gasteiger partial charge in [0, 0.05) is 34.3 Å². The monoisotopic (exact) mass is 458 g/mol. The van der Waals surface area contributed by atoms with Crippen LogP contribution >= 0.6 is 35.0 Å². The van der Waals surface area contributed by atoms with Gasteiger partial charge in [0.2, 0.25) is 0 Å². The van der Waals surface area contributed by atoms with E-state index < -0.39 is 5.51 Å². The first kappa shape index (κ1) is 19.9. The maximum Gasteiger partial charge on any atom is 0.446 e. The van der Waals surface area contributed by atoms with E-state index >= 15 is 0 Å². The predicted octanol–water partition coefficient (Wildman–Crippen LogP) is 3.71. The van der Waals surface area contributed by atoms with Crippen LogP contribution in [0.2, 0.25) is 10.0 Å². The van der Waals surface area contributed by atoms with Gasteiger partial charge in [0.25, 0.3) is 5.56 Å². The summed E-state index contributed by atoms with van der Waals surface area (Å²) in [7, 11) is 0. The Kier molecular flexibility index (Phi) is 5.14. The third-order valence-corrected chi connectivity index (χ3v) is 5.45. The van der Waals surface area contributed by atoms with Crippen molar-refractivity contribution < 1.29 is 13.2 Å². The Morgan fingerprint density at radius 2 is 1.90 bits per heavy atom. The molecule has 1 aromatic carbocycles. The second-order valence-corrected chi connectivity index (χ2v) is 8.00. The lowest BCUT2D eigenvalue weighted by atomic mass is 10.1. The number of benzene rings is 1. The molecule has 3 aromatic rings. The van der Waals surface area contributed by atoms with Crippen LogP contribution in [0.15, 0.2) is 34.1 Å². The first-order valence-electron chi connectivity index (χ1n) is 8.20. The molecule has 29 heavy (non-hydrogen) atoms. The summed E-state index contributed by atoms with van der Waals surface area (Å²) in [6.45, 7) is 0.516. The van der Waals surface area contributed by atoms with Gasteiger partial charge in [-0.2, -0.15) is 13.2 Å². The van der Waals surface area contributed by atoms with Crippen LogP contribution in [0.5, 0.6) is 0 Å². The van der Waals surface area contributed by atoms with E-state index in [1.165, 1.54) is 18.3 Å². The van der Waals surface area contributed by atoms with E-state index in [1.54, 1.807) is 12.3 Å². The number of aromatic amines is 1. The van der Waals surface area contributed by atoms with Gasteiger partial charge in [0.1, 0.15) is 5.82 Å². The molecule has 2 aromatic heterocycles. The Balaban J connectivity index is 1.85. The summed E-state index contributed by atoms with van der Waals surface area (Å²) in [4.78, 5) is 19.3. The van der Waals surface area contributed by atoms with Crippen LogP contribution in [0.3, 0.4) is 0 Å². The predicted molar refractivity (Wildman–Crippen MR) is 110 cm³/mol. The average molecular weight is 459 g/mol. The number of thioether (sulfide) groups is 1. The molecule has 1 aliphatic heterocycles. The number of nitrogens with zero attached hydrogens (tertiary/aromatic N) is 1. The molecule has 5 nitrogen and oxygen atoms in total. The van der Waals surface area contributed by atoms with Gasteiger partial charge in [-0.05, 0) is 30.0 Å². The Labute approximate surface area is 175 Å². The standard InChI is InChI=1S/C18H11Cl2F3N4OS/c19-11-5-8(29-18(21,22)23)6-12(20)15(11)27-16-9-1-3-24-7-10(9)14-13(26-16)2-4-25-17(14)28/h1-2,4-7,24H,3H2,(H,25,28)(H,26,27). The van der Waals surface area contributed by atoms with Gasteiger partial charge in [-0.3, -0.25) is 4.79 Å². The highest BCUT2D eigenvalue weighted by Gasteiger charge is 2.30. The molecule has 0 aliphatic carbocycles. The minimum Gasteiger partial charge on any atom is -0.387 e. The number of nitrogens with one attached hydrogen (secondary N) is 3. The van der Waals surface area contributed by atoms with Gasteiger partial charge >= 0.3 is 5.51 Å². The van der Waals surface area contributed by atoms with Crippen molar-refractivity contribution in [1.82, 2.24) is 15.3 Å². The summed E-state index contributed by atoms with van der Waals surface area (Å²) >= 11 is 12.1. The zero-order valence-corrected chi connectivity index (χ0v) is 16.7. The van der Waals surface area contributed by atoms with E-state index in [9.17, 15) is 18.0 Å². The molecule has 0 saturated carbocycles. The molecular weight excluding hydrogens is 448 g/mol. The zero-order valence-electron chi connectivity index (χ0n) is 14.3. The topological polar surface area (TPSA) is 69.8 Å². The Morgan fingerprint density at radius 3 is 2.59 bits per heavy atom. The number of hydrogen-bond donors (Lipinski definition) is 3. The summed E-state index contributed by atoms with van der Waals surface area (Å²) in [5.74, 6) is 0.385. The van der Waals surface area contributed by atoms with Crippen molar-refractivity contribution in [3.63, 3.8) is 0 Å². The molecule has 0 saturated heterocycles. The number of pyridine rings is 2. The molecule has 0 bridgehead atoms. The van der Waals surface area contributed by atoms with E-state index in [-0.39, 0.29) is 37.9 Å². The average Bonchev–Trinajstić information content (AvgIpc) is 2.63. The van der Waals surface area contributed by atoms with E-state index in [1.807, 2.05) is 6.08 Å². The van der Waals surface area contributed by atoms with Gasteiger partial charge in [0.15, 0.2) is 0 Å². The Hall–Kier alpha value is -2.36. The summed E-state index contributed by atoms with van der Waals surface area (Å²) in [6.07, 6.45) is 5.04. The van der Waals surface area contributed by atoms with Gasteiger partial charge in [-0.1, -0.05) is 29.3 Å².